The van der Waals surface area contributed by atoms with Crippen LogP contribution in [0.4, 0.5) is 0 Å². The van der Waals surface area contributed by atoms with Crippen molar-refractivity contribution in [1.29, 1.82) is 0 Å². The lowest BCUT2D eigenvalue weighted by Crippen LogP contribution is -2.32. The topological polar surface area (TPSA) is 64.6 Å². The van der Waals surface area contributed by atoms with Crippen LogP contribution in [0.2, 0.25) is 0 Å². The normalized spacial score (nSPS) is 10.3. The summed E-state index contributed by atoms with van der Waals surface area (Å²) in [6.45, 7) is 0.347. The molecule has 0 saturated carbocycles. The molecule has 26 heavy (non-hydrogen) atoms. The number of nitrogens with one attached hydrogen (secondary N) is 1. The van der Waals surface area contributed by atoms with E-state index in [0.29, 0.717) is 18.7 Å². The number of rotatable bonds is 7. The minimum atomic E-state index is -0.516. The van der Waals surface area contributed by atoms with Crippen molar-refractivity contribution >= 4 is 22.6 Å². The van der Waals surface area contributed by atoms with E-state index >= 15 is 0 Å². The molecule has 0 atom stereocenters. The van der Waals surface area contributed by atoms with E-state index < -0.39 is 5.97 Å². The Morgan fingerprint density at radius 2 is 1.58 bits per heavy atom. The summed E-state index contributed by atoms with van der Waals surface area (Å²) < 4.78 is 10.6. The van der Waals surface area contributed by atoms with Crippen molar-refractivity contribution in [3.05, 3.63) is 78.4 Å². The van der Waals surface area contributed by atoms with Crippen molar-refractivity contribution in [3.8, 4) is 5.75 Å². The van der Waals surface area contributed by atoms with E-state index in [4.69, 9.17) is 9.47 Å². The highest BCUT2D eigenvalue weighted by Gasteiger charge is 2.12. The third-order valence-corrected chi connectivity index (χ3v) is 3.78. The molecule has 0 aliphatic carbocycles. The molecule has 3 rings (SSSR count). The maximum Gasteiger partial charge on any atom is 0.339 e. The second-order valence-electron chi connectivity index (χ2n) is 5.61. The van der Waals surface area contributed by atoms with E-state index in [-0.39, 0.29) is 12.5 Å². The molecule has 0 bridgehead atoms. The summed E-state index contributed by atoms with van der Waals surface area (Å²) in [5.74, 6) is -0.142. The summed E-state index contributed by atoms with van der Waals surface area (Å²) in [4.78, 5) is 24.1. The Labute approximate surface area is 151 Å². The maximum absolute atomic E-state index is 12.3. The Morgan fingerprint density at radius 1 is 0.846 bits per heavy atom. The van der Waals surface area contributed by atoms with E-state index in [1.807, 2.05) is 60.7 Å². The molecule has 0 fully saturated rings. The molecule has 5 heteroatoms. The van der Waals surface area contributed by atoms with Crippen molar-refractivity contribution in [2.75, 3.05) is 19.8 Å². The van der Waals surface area contributed by atoms with Crippen LogP contribution < -0.4 is 10.1 Å². The highest BCUT2D eigenvalue weighted by atomic mass is 16.5. The van der Waals surface area contributed by atoms with Gasteiger partial charge in [0, 0.05) is 0 Å². The van der Waals surface area contributed by atoms with E-state index in [0.717, 1.165) is 16.5 Å². The van der Waals surface area contributed by atoms with Gasteiger partial charge in [-0.2, -0.15) is 0 Å². The molecular weight excluding hydrogens is 330 g/mol. The van der Waals surface area contributed by atoms with Crippen LogP contribution in [0.5, 0.6) is 5.75 Å². The minimum Gasteiger partial charge on any atom is -0.492 e. The number of esters is 1. The van der Waals surface area contributed by atoms with Gasteiger partial charge in [-0.25, -0.2) is 4.79 Å². The molecule has 5 nitrogen and oxygen atoms in total. The van der Waals surface area contributed by atoms with E-state index in [1.165, 1.54) is 0 Å². The first-order valence-corrected chi connectivity index (χ1v) is 8.33. The van der Waals surface area contributed by atoms with Crippen LogP contribution in [-0.4, -0.2) is 31.6 Å². The van der Waals surface area contributed by atoms with E-state index in [2.05, 4.69) is 5.32 Å². The zero-order chi connectivity index (χ0) is 18.2. The first-order chi connectivity index (χ1) is 12.7. The Bertz CT molecular complexity index is 887. The number of para-hydroxylation sites is 1. The standard InChI is InChI=1S/C21H19NO4/c23-20(22-13-14-25-17-9-2-1-3-10-17)15-26-21(24)19-12-6-8-16-7-4-5-11-18(16)19/h1-12H,13-15H2,(H,22,23). The fourth-order valence-electron chi connectivity index (χ4n) is 2.54. The molecule has 3 aromatic rings. The zero-order valence-electron chi connectivity index (χ0n) is 14.2. The lowest BCUT2D eigenvalue weighted by molar-refractivity contribution is -0.124. The summed E-state index contributed by atoms with van der Waals surface area (Å²) in [5, 5.41) is 4.41. The van der Waals surface area contributed by atoms with E-state index in [9.17, 15) is 9.59 Å². The van der Waals surface area contributed by atoms with Gasteiger partial charge < -0.3 is 14.8 Å². The smallest absolute Gasteiger partial charge is 0.339 e. The van der Waals surface area contributed by atoms with Gasteiger partial charge in [0.25, 0.3) is 5.91 Å². The first-order valence-electron chi connectivity index (χ1n) is 8.33. The van der Waals surface area contributed by atoms with Crippen LogP contribution >= 0.6 is 0 Å². The van der Waals surface area contributed by atoms with Gasteiger partial charge >= 0.3 is 5.97 Å². The van der Waals surface area contributed by atoms with Crippen molar-refractivity contribution in [3.63, 3.8) is 0 Å². The summed E-state index contributed by atoms with van der Waals surface area (Å²) in [6, 6.07) is 22.3. The number of carbonyl (C=O) groups excluding carboxylic acids is 2. The minimum absolute atomic E-state index is 0.326. The maximum atomic E-state index is 12.3. The number of hydrogen-bond acceptors (Lipinski definition) is 4. The Hall–Kier alpha value is -3.34. The Kier molecular flexibility index (Phi) is 5.83. The van der Waals surface area contributed by atoms with Gasteiger partial charge in [-0.15, -0.1) is 0 Å². The van der Waals surface area contributed by atoms with Gasteiger partial charge in [-0.3, -0.25) is 4.79 Å². The molecule has 3 aromatic carbocycles. The van der Waals surface area contributed by atoms with Gasteiger partial charge in [0.05, 0.1) is 12.1 Å². The molecular formula is C21H19NO4. The summed E-state index contributed by atoms with van der Waals surface area (Å²) >= 11 is 0. The predicted octanol–water partition coefficient (Wildman–Crippen LogP) is 3.19. The molecule has 0 aromatic heterocycles. The van der Waals surface area contributed by atoms with Crippen molar-refractivity contribution in [2.24, 2.45) is 0 Å². The average Bonchev–Trinajstić information content (AvgIpc) is 2.70. The summed E-state index contributed by atoms with van der Waals surface area (Å²) in [5.41, 5.74) is 0.448. The zero-order valence-corrected chi connectivity index (χ0v) is 14.2. The molecule has 0 saturated heterocycles. The monoisotopic (exact) mass is 349 g/mol. The molecule has 0 aliphatic heterocycles. The second kappa shape index (κ2) is 8.67. The quantitative estimate of drug-likeness (QED) is 0.525. The molecule has 132 valence electrons. The van der Waals surface area contributed by atoms with Crippen LogP contribution in [0, 0.1) is 0 Å². The summed E-state index contributed by atoms with van der Waals surface area (Å²) in [7, 11) is 0. The number of carbonyl (C=O) groups is 2. The predicted molar refractivity (Wildman–Crippen MR) is 99.2 cm³/mol. The van der Waals surface area contributed by atoms with Crippen LogP contribution in [0.1, 0.15) is 10.4 Å². The Balaban J connectivity index is 1.44. The van der Waals surface area contributed by atoms with Gasteiger partial charge in [-0.1, -0.05) is 54.6 Å². The number of hydrogen-bond donors (Lipinski definition) is 1. The van der Waals surface area contributed by atoms with Gasteiger partial charge in [0.2, 0.25) is 0 Å². The van der Waals surface area contributed by atoms with E-state index in [1.54, 1.807) is 12.1 Å². The van der Waals surface area contributed by atoms with Gasteiger partial charge in [0.15, 0.2) is 6.61 Å². The van der Waals surface area contributed by atoms with Crippen LogP contribution in [0.3, 0.4) is 0 Å². The van der Waals surface area contributed by atoms with Crippen LogP contribution in [-0.2, 0) is 9.53 Å². The SMILES string of the molecule is O=C(COC(=O)c1cccc2ccccc12)NCCOc1ccccc1. The lowest BCUT2D eigenvalue weighted by atomic mass is 10.1. The van der Waals surface area contributed by atoms with Crippen molar-refractivity contribution < 1.29 is 19.1 Å². The fourth-order valence-corrected chi connectivity index (χ4v) is 2.54. The molecule has 0 spiro atoms. The fraction of sp³-hybridized carbons (Fsp3) is 0.143. The van der Waals surface area contributed by atoms with Gasteiger partial charge in [0.1, 0.15) is 12.4 Å². The highest BCUT2D eigenvalue weighted by Crippen LogP contribution is 2.19. The van der Waals surface area contributed by atoms with Gasteiger partial charge in [-0.05, 0) is 29.0 Å². The third-order valence-electron chi connectivity index (χ3n) is 3.78. The number of fused-ring (bicyclic) bond motifs is 1. The number of amides is 1. The Morgan fingerprint density at radius 3 is 2.42 bits per heavy atom. The number of benzene rings is 3. The second-order valence-corrected chi connectivity index (χ2v) is 5.61. The lowest BCUT2D eigenvalue weighted by Gasteiger charge is -2.09. The first kappa shape index (κ1) is 17.5. The molecule has 0 aliphatic rings. The van der Waals surface area contributed by atoms with Crippen LogP contribution in [0.25, 0.3) is 10.8 Å². The van der Waals surface area contributed by atoms with Crippen molar-refractivity contribution in [1.82, 2.24) is 5.32 Å². The largest absolute Gasteiger partial charge is 0.492 e. The number of ether oxygens (including phenoxy) is 2. The third kappa shape index (κ3) is 4.60. The molecule has 1 N–H and O–H groups in total. The summed E-state index contributed by atoms with van der Waals surface area (Å²) in [6.07, 6.45) is 0. The molecule has 1 amide bonds. The highest BCUT2D eigenvalue weighted by molar-refractivity contribution is 6.04. The molecule has 0 heterocycles. The average molecular weight is 349 g/mol. The van der Waals surface area contributed by atoms with Crippen LogP contribution in [0.15, 0.2) is 72.8 Å². The molecule has 0 radical (unpaired) electrons. The van der Waals surface area contributed by atoms with Crippen molar-refractivity contribution in [2.45, 2.75) is 0 Å². The molecule has 0 unspecified atom stereocenters.